The van der Waals surface area contributed by atoms with E-state index in [0.717, 1.165) is 22.4 Å². The predicted octanol–water partition coefficient (Wildman–Crippen LogP) is 5.53. The standard InChI is InChI=1S/C34H28N2O4S/c1-3-39-33(38)30-22(2)35-34-36(31(30)25-11-5-4-6-12-25)32(37)29(41-34)20-23-16-18-27(19-17-23)40-21-26-14-9-13-24-10-7-8-15-28(24)26/h4-20,31H,3,21H2,1-2H3/b29-20-/t31-/m0/s1. The Kier molecular flexibility index (Phi) is 7.35. The molecule has 0 saturated heterocycles. The van der Waals surface area contributed by atoms with Crippen molar-refractivity contribution in [2.45, 2.75) is 26.5 Å². The van der Waals surface area contributed by atoms with Crippen molar-refractivity contribution in [2.75, 3.05) is 6.61 Å². The lowest BCUT2D eigenvalue weighted by Gasteiger charge is -2.24. The highest BCUT2D eigenvalue weighted by Gasteiger charge is 2.33. The van der Waals surface area contributed by atoms with Gasteiger partial charge in [0.1, 0.15) is 12.4 Å². The highest BCUT2D eigenvalue weighted by Crippen LogP contribution is 2.30. The smallest absolute Gasteiger partial charge is 0.338 e. The van der Waals surface area contributed by atoms with E-state index in [9.17, 15) is 9.59 Å². The summed E-state index contributed by atoms with van der Waals surface area (Å²) in [5.41, 5.74) is 3.55. The third-order valence-corrected chi connectivity index (χ3v) is 8.07. The fraction of sp³-hybridized carbons (Fsp3) is 0.147. The van der Waals surface area contributed by atoms with Gasteiger partial charge in [0.15, 0.2) is 4.80 Å². The Hall–Kier alpha value is -4.75. The first-order valence-corrected chi connectivity index (χ1v) is 14.3. The number of thiazole rings is 1. The molecule has 0 spiro atoms. The summed E-state index contributed by atoms with van der Waals surface area (Å²) in [5, 5.41) is 2.36. The van der Waals surface area contributed by atoms with Crippen LogP contribution in [0.3, 0.4) is 0 Å². The predicted molar refractivity (Wildman–Crippen MR) is 162 cm³/mol. The van der Waals surface area contributed by atoms with Gasteiger partial charge in [0.05, 0.1) is 28.5 Å². The minimum Gasteiger partial charge on any atom is -0.489 e. The van der Waals surface area contributed by atoms with Crippen LogP contribution in [0.4, 0.5) is 0 Å². The number of carbonyl (C=O) groups excluding carboxylic acids is 1. The van der Waals surface area contributed by atoms with Gasteiger partial charge in [-0.3, -0.25) is 9.36 Å². The molecule has 41 heavy (non-hydrogen) atoms. The molecule has 7 heteroatoms. The number of hydrogen-bond donors (Lipinski definition) is 0. The molecule has 0 radical (unpaired) electrons. The number of fused-ring (bicyclic) bond motifs is 2. The number of aromatic nitrogens is 1. The minimum atomic E-state index is -0.613. The molecule has 0 fully saturated rings. The number of esters is 1. The fourth-order valence-corrected chi connectivity index (χ4v) is 6.18. The van der Waals surface area contributed by atoms with E-state index < -0.39 is 12.0 Å². The summed E-state index contributed by atoms with van der Waals surface area (Å²) in [7, 11) is 0. The second kappa shape index (κ2) is 11.4. The van der Waals surface area contributed by atoms with E-state index in [-0.39, 0.29) is 12.2 Å². The molecule has 6 rings (SSSR count). The van der Waals surface area contributed by atoms with Crippen molar-refractivity contribution in [1.29, 1.82) is 0 Å². The van der Waals surface area contributed by atoms with Crippen LogP contribution >= 0.6 is 11.3 Å². The molecule has 0 unspecified atom stereocenters. The van der Waals surface area contributed by atoms with Crippen molar-refractivity contribution in [2.24, 2.45) is 4.99 Å². The lowest BCUT2D eigenvalue weighted by molar-refractivity contribution is -0.139. The summed E-state index contributed by atoms with van der Waals surface area (Å²) in [5.74, 6) is 0.284. The number of rotatable bonds is 7. The van der Waals surface area contributed by atoms with Gasteiger partial charge in [-0.15, -0.1) is 0 Å². The highest BCUT2D eigenvalue weighted by atomic mass is 32.1. The molecule has 1 aromatic heterocycles. The lowest BCUT2D eigenvalue weighted by Crippen LogP contribution is -2.39. The maximum atomic E-state index is 13.8. The van der Waals surface area contributed by atoms with Crippen LogP contribution in [0.2, 0.25) is 0 Å². The fourth-order valence-electron chi connectivity index (χ4n) is 5.13. The average molecular weight is 561 g/mol. The van der Waals surface area contributed by atoms with E-state index in [2.05, 4.69) is 29.3 Å². The Morgan fingerprint density at radius 3 is 2.46 bits per heavy atom. The van der Waals surface area contributed by atoms with Crippen molar-refractivity contribution in [3.8, 4) is 5.75 Å². The van der Waals surface area contributed by atoms with Crippen LogP contribution in [-0.4, -0.2) is 17.1 Å². The van der Waals surface area contributed by atoms with Gasteiger partial charge in [0.25, 0.3) is 5.56 Å². The number of benzene rings is 4. The summed E-state index contributed by atoms with van der Waals surface area (Å²) in [4.78, 5) is 31.9. The summed E-state index contributed by atoms with van der Waals surface area (Å²) >= 11 is 1.31. The molecule has 0 bridgehead atoms. The molecule has 4 aromatic carbocycles. The summed E-state index contributed by atoms with van der Waals surface area (Å²) < 4.78 is 13.6. The quantitative estimate of drug-likeness (QED) is 0.246. The van der Waals surface area contributed by atoms with Gasteiger partial charge in [-0.05, 0) is 59.5 Å². The van der Waals surface area contributed by atoms with Crippen LogP contribution in [0.15, 0.2) is 118 Å². The van der Waals surface area contributed by atoms with Gasteiger partial charge in [0.2, 0.25) is 0 Å². The van der Waals surface area contributed by atoms with Crippen LogP contribution in [0.25, 0.3) is 16.8 Å². The van der Waals surface area contributed by atoms with Gasteiger partial charge >= 0.3 is 5.97 Å². The number of carbonyl (C=O) groups is 1. The first kappa shape index (κ1) is 26.5. The molecule has 0 N–H and O–H groups in total. The molecule has 5 aromatic rings. The second-order valence-electron chi connectivity index (χ2n) is 9.71. The Morgan fingerprint density at radius 2 is 1.68 bits per heavy atom. The van der Waals surface area contributed by atoms with Crippen LogP contribution < -0.4 is 19.6 Å². The van der Waals surface area contributed by atoms with E-state index in [0.29, 0.717) is 27.2 Å². The molecule has 1 aliphatic heterocycles. The van der Waals surface area contributed by atoms with Gasteiger partial charge in [-0.1, -0.05) is 96.3 Å². The SMILES string of the molecule is CCOC(=O)C1=C(C)N=c2s/c(=C\c3ccc(OCc4cccc5ccccc45)cc3)c(=O)n2[C@H]1c1ccccc1. The van der Waals surface area contributed by atoms with Crippen LogP contribution in [0.1, 0.15) is 36.6 Å². The van der Waals surface area contributed by atoms with Gasteiger partial charge < -0.3 is 9.47 Å². The molecular formula is C34H28N2O4S. The Morgan fingerprint density at radius 1 is 0.951 bits per heavy atom. The molecule has 2 heterocycles. The second-order valence-corrected chi connectivity index (χ2v) is 10.7. The summed E-state index contributed by atoms with van der Waals surface area (Å²) in [6.07, 6.45) is 1.85. The Labute approximate surface area is 241 Å². The maximum absolute atomic E-state index is 13.8. The van der Waals surface area contributed by atoms with E-state index in [1.165, 1.54) is 22.1 Å². The Balaban J connectivity index is 1.31. The number of allylic oxidation sites excluding steroid dienone is 1. The lowest BCUT2D eigenvalue weighted by atomic mass is 9.96. The maximum Gasteiger partial charge on any atom is 0.338 e. The molecule has 0 amide bonds. The molecule has 6 nitrogen and oxygen atoms in total. The van der Waals surface area contributed by atoms with Crippen molar-refractivity contribution in [3.63, 3.8) is 0 Å². The first-order chi connectivity index (χ1) is 20.0. The van der Waals surface area contributed by atoms with E-state index in [1.807, 2.05) is 78.9 Å². The molecule has 0 aliphatic carbocycles. The summed E-state index contributed by atoms with van der Waals surface area (Å²) in [6, 6.07) is 31.1. The average Bonchev–Trinajstić information content (AvgIpc) is 3.30. The number of hydrogen-bond acceptors (Lipinski definition) is 6. The van der Waals surface area contributed by atoms with E-state index in [1.54, 1.807) is 18.4 Å². The topological polar surface area (TPSA) is 69.9 Å². The van der Waals surface area contributed by atoms with Gasteiger partial charge in [0, 0.05) is 0 Å². The molecular weight excluding hydrogens is 532 g/mol. The zero-order valence-electron chi connectivity index (χ0n) is 22.7. The highest BCUT2D eigenvalue weighted by molar-refractivity contribution is 7.07. The Bertz CT molecular complexity index is 1950. The molecule has 1 atom stereocenters. The number of ether oxygens (including phenoxy) is 2. The van der Waals surface area contributed by atoms with Crippen LogP contribution in [0.5, 0.6) is 5.75 Å². The van der Waals surface area contributed by atoms with Crippen molar-refractivity contribution < 1.29 is 14.3 Å². The third kappa shape index (κ3) is 5.24. The molecule has 1 aliphatic rings. The van der Waals surface area contributed by atoms with Crippen molar-refractivity contribution in [3.05, 3.63) is 145 Å². The van der Waals surface area contributed by atoms with E-state index >= 15 is 0 Å². The number of nitrogens with zero attached hydrogens (tertiary/aromatic N) is 2. The molecule has 0 saturated carbocycles. The largest absolute Gasteiger partial charge is 0.489 e. The zero-order valence-corrected chi connectivity index (χ0v) is 23.6. The van der Waals surface area contributed by atoms with Gasteiger partial charge in [-0.25, -0.2) is 9.79 Å². The first-order valence-electron chi connectivity index (χ1n) is 13.5. The summed E-state index contributed by atoms with van der Waals surface area (Å²) in [6.45, 7) is 4.25. The van der Waals surface area contributed by atoms with Crippen molar-refractivity contribution in [1.82, 2.24) is 4.57 Å². The zero-order chi connectivity index (χ0) is 28.3. The van der Waals surface area contributed by atoms with Gasteiger partial charge in [-0.2, -0.15) is 0 Å². The molecule has 204 valence electrons. The van der Waals surface area contributed by atoms with E-state index in [4.69, 9.17) is 9.47 Å². The van der Waals surface area contributed by atoms with Crippen molar-refractivity contribution >= 4 is 34.2 Å². The minimum absolute atomic E-state index is 0.201. The normalized spacial score (nSPS) is 15.0. The third-order valence-electron chi connectivity index (χ3n) is 7.08. The monoisotopic (exact) mass is 560 g/mol. The van der Waals surface area contributed by atoms with Crippen LogP contribution in [-0.2, 0) is 16.1 Å². The van der Waals surface area contributed by atoms with Crippen LogP contribution in [0, 0.1) is 0 Å².